The summed E-state index contributed by atoms with van der Waals surface area (Å²) in [4.78, 5) is 27.7. The number of nitrogens with zero attached hydrogens (tertiary/aromatic N) is 5. The minimum Gasteiger partial charge on any atom is -0.377 e. The molecule has 2 N–H and O–H groups in total. The molecular formula is C22H25N7O4S2. The van der Waals surface area contributed by atoms with Gasteiger partial charge >= 0.3 is 6.03 Å². The van der Waals surface area contributed by atoms with Gasteiger partial charge in [0, 0.05) is 41.7 Å². The summed E-state index contributed by atoms with van der Waals surface area (Å²) in [5.41, 5.74) is 1.81. The maximum Gasteiger partial charge on any atom is 0.325 e. The molecule has 35 heavy (non-hydrogen) atoms. The van der Waals surface area contributed by atoms with Crippen LogP contribution in [0.4, 0.5) is 21.4 Å². The molecule has 11 nitrogen and oxygen atoms in total. The summed E-state index contributed by atoms with van der Waals surface area (Å²) >= 11 is 1.08. The number of nitrogens with one attached hydrogen (secondary N) is 2. The van der Waals surface area contributed by atoms with Crippen molar-refractivity contribution in [2.75, 3.05) is 41.5 Å². The van der Waals surface area contributed by atoms with Crippen LogP contribution in [0.5, 0.6) is 0 Å². The molecule has 1 aromatic carbocycles. The highest BCUT2D eigenvalue weighted by Crippen LogP contribution is 2.52. The van der Waals surface area contributed by atoms with Crippen molar-refractivity contribution in [3.05, 3.63) is 42.4 Å². The highest BCUT2D eigenvalue weighted by molar-refractivity contribution is 7.91. The fourth-order valence-corrected chi connectivity index (χ4v) is 5.89. The van der Waals surface area contributed by atoms with Gasteiger partial charge in [0.05, 0.1) is 24.9 Å². The van der Waals surface area contributed by atoms with Gasteiger partial charge in [0.15, 0.2) is 15.7 Å². The topological polar surface area (TPSA) is 139 Å². The van der Waals surface area contributed by atoms with E-state index in [9.17, 15) is 13.2 Å². The van der Waals surface area contributed by atoms with Crippen molar-refractivity contribution in [3.8, 4) is 11.4 Å². The number of rotatable bonds is 6. The number of carbonyl (C=O) groups excluding carboxylic acids is 1. The molecule has 1 saturated carbocycles. The SMILES string of the molecule is C[C@H]1COCCN1c1cc(C2(S(C)(=O)=O)CC2)nc(-c2ccc(NC(=O)Nc3ncns3)cc2)n1. The fraction of sp³-hybridized carbons (Fsp3) is 0.409. The maximum absolute atomic E-state index is 12.6. The largest absolute Gasteiger partial charge is 0.377 e. The molecule has 1 atom stereocenters. The Morgan fingerprint density at radius 1 is 1.20 bits per heavy atom. The van der Waals surface area contributed by atoms with Crippen LogP contribution in [0.15, 0.2) is 36.7 Å². The van der Waals surface area contributed by atoms with Crippen LogP contribution in [-0.4, -0.2) is 65.8 Å². The Labute approximate surface area is 207 Å². The van der Waals surface area contributed by atoms with Gasteiger partial charge in [-0.25, -0.2) is 28.2 Å². The van der Waals surface area contributed by atoms with E-state index in [1.54, 1.807) is 24.3 Å². The number of morpholine rings is 1. The van der Waals surface area contributed by atoms with E-state index in [1.807, 2.05) is 6.07 Å². The van der Waals surface area contributed by atoms with Gasteiger partial charge in [-0.2, -0.15) is 4.37 Å². The summed E-state index contributed by atoms with van der Waals surface area (Å²) in [6.07, 6.45) is 3.73. The number of benzene rings is 1. The third-order valence-corrected chi connectivity index (χ3v) is 8.86. The molecule has 0 unspecified atom stereocenters. The molecule has 3 aromatic rings. The molecule has 2 aromatic heterocycles. The number of anilines is 3. The Morgan fingerprint density at radius 3 is 2.60 bits per heavy atom. The number of amides is 2. The quantitative estimate of drug-likeness (QED) is 0.507. The van der Waals surface area contributed by atoms with Crippen LogP contribution in [0.3, 0.4) is 0 Å². The molecule has 5 rings (SSSR count). The minimum absolute atomic E-state index is 0.103. The summed E-state index contributed by atoms with van der Waals surface area (Å²) in [7, 11) is -3.34. The molecule has 2 fully saturated rings. The van der Waals surface area contributed by atoms with Gasteiger partial charge in [0.1, 0.15) is 16.9 Å². The van der Waals surface area contributed by atoms with E-state index < -0.39 is 20.6 Å². The van der Waals surface area contributed by atoms with Crippen molar-refractivity contribution in [3.63, 3.8) is 0 Å². The summed E-state index contributed by atoms with van der Waals surface area (Å²) < 4.78 is 33.7. The highest BCUT2D eigenvalue weighted by atomic mass is 32.2. The zero-order chi connectivity index (χ0) is 24.6. The van der Waals surface area contributed by atoms with Crippen molar-refractivity contribution in [2.24, 2.45) is 0 Å². The Morgan fingerprint density at radius 2 is 1.97 bits per heavy atom. The Bertz CT molecular complexity index is 1330. The first-order chi connectivity index (χ1) is 16.7. The van der Waals surface area contributed by atoms with Gasteiger partial charge in [-0.15, -0.1) is 0 Å². The first-order valence-electron chi connectivity index (χ1n) is 11.1. The zero-order valence-electron chi connectivity index (χ0n) is 19.3. The summed E-state index contributed by atoms with van der Waals surface area (Å²) in [5, 5.41) is 5.74. The van der Waals surface area contributed by atoms with E-state index in [4.69, 9.17) is 14.7 Å². The lowest BCUT2D eigenvalue weighted by molar-refractivity contribution is 0.0985. The van der Waals surface area contributed by atoms with E-state index in [2.05, 4.69) is 31.8 Å². The van der Waals surface area contributed by atoms with Crippen LogP contribution in [0.25, 0.3) is 11.4 Å². The number of sulfone groups is 1. The number of urea groups is 1. The lowest BCUT2D eigenvalue weighted by atomic mass is 10.1. The van der Waals surface area contributed by atoms with Crippen molar-refractivity contribution in [1.29, 1.82) is 0 Å². The third-order valence-electron chi connectivity index (χ3n) is 6.24. The minimum atomic E-state index is -3.34. The van der Waals surface area contributed by atoms with Crippen molar-refractivity contribution in [1.82, 2.24) is 19.3 Å². The lowest BCUT2D eigenvalue weighted by Crippen LogP contribution is -2.44. The van der Waals surface area contributed by atoms with Crippen LogP contribution in [0.2, 0.25) is 0 Å². The Balaban J connectivity index is 1.45. The summed E-state index contributed by atoms with van der Waals surface area (Å²) in [6, 6.07) is 8.56. The molecule has 0 bridgehead atoms. The zero-order valence-corrected chi connectivity index (χ0v) is 20.9. The van der Waals surface area contributed by atoms with Crippen LogP contribution in [0.1, 0.15) is 25.5 Å². The fourth-order valence-electron chi connectivity index (χ4n) is 4.13. The monoisotopic (exact) mass is 515 g/mol. The molecular weight excluding hydrogens is 490 g/mol. The first-order valence-corrected chi connectivity index (χ1v) is 13.8. The average molecular weight is 516 g/mol. The van der Waals surface area contributed by atoms with Crippen molar-refractivity contribution in [2.45, 2.75) is 30.6 Å². The molecule has 13 heteroatoms. The van der Waals surface area contributed by atoms with Gasteiger partial charge in [-0.1, -0.05) is 0 Å². The van der Waals surface area contributed by atoms with Gasteiger partial charge < -0.3 is 15.0 Å². The molecule has 0 radical (unpaired) electrons. The highest BCUT2D eigenvalue weighted by Gasteiger charge is 2.55. The molecule has 2 aliphatic rings. The molecule has 1 aliphatic carbocycles. The van der Waals surface area contributed by atoms with Gasteiger partial charge in [-0.05, 0) is 44.0 Å². The van der Waals surface area contributed by atoms with Gasteiger partial charge in [0.2, 0.25) is 5.13 Å². The molecule has 184 valence electrons. The number of ether oxygens (including phenoxy) is 1. The normalized spacial score (nSPS) is 19.3. The van der Waals surface area contributed by atoms with Crippen LogP contribution < -0.4 is 15.5 Å². The predicted octanol–water partition coefficient (Wildman–Crippen LogP) is 2.90. The number of hydrogen-bond donors (Lipinski definition) is 2. The van der Waals surface area contributed by atoms with E-state index in [0.717, 1.165) is 11.5 Å². The van der Waals surface area contributed by atoms with E-state index in [1.165, 1.54) is 12.6 Å². The summed E-state index contributed by atoms with van der Waals surface area (Å²) in [5.74, 6) is 1.13. The van der Waals surface area contributed by atoms with Gasteiger partial charge in [-0.3, -0.25) is 5.32 Å². The van der Waals surface area contributed by atoms with E-state index >= 15 is 0 Å². The van der Waals surface area contributed by atoms with Crippen molar-refractivity contribution < 1.29 is 17.9 Å². The van der Waals surface area contributed by atoms with E-state index in [0.29, 0.717) is 66.3 Å². The van der Waals surface area contributed by atoms with Crippen LogP contribution in [-0.2, 0) is 19.3 Å². The predicted molar refractivity (Wildman–Crippen MR) is 133 cm³/mol. The second-order valence-electron chi connectivity index (χ2n) is 8.72. The van der Waals surface area contributed by atoms with Gasteiger partial charge in [0.25, 0.3) is 0 Å². The average Bonchev–Trinajstić information content (AvgIpc) is 3.51. The van der Waals surface area contributed by atoms with E-state index in [-0.39, 0.29) is 6.04 Å². The summed E-state index contributed by atoms with van der Waals surface area (Å²) in [6.45, 7) is 3.87. The smallest absolute Gasteiger partial charge is 0.325 e. The lowest BCUT2D eigenvalue weighted by Gasteiger charge is -2.34. The number of hydrogen-bond acceptors (Lipinski definition) is 10. The molecule has 2 amide bonds. The number of carbonyl (C=O) groups is 1. The first kappa shape index (κ1) is 23.6. The Kier molecular flexibility index (Phi) is 6.15. The van der Waals surface area contributed by atoms with Crippen molar-refractivity contribution >= 4 is 44.0 Å². The second kappa shape index (κ2) is 9.13. The molecule has 3 heterocycles. The molecule has 1 saturated heterocycles. The second-order valence-corrected chi connectivity index (χ2v) is 11.8. The number of aromatic nitrogens is 4. The third kappa shape index (κ3) is 4.83. The molecule has 1 aliphatic heterocycles. The Hall–Kier alpha value is -3.16. The van der Waals surface area contributed by atoms with Crippen LogP contribution >= 0.6 is 11.5 Å². The molecule has 0 spiro atoms. The maximum atomic E-state index is 12.6. The standard InChI is InChI=1S/C22H25N7O4S2/c1-14-12-33-10-9-29(14)18-11-17(22(7-8-22)35(2,31)32)26-19(27-18)15-3-5-16(6-4-15)25-20(30)28-21-23-13-24-34-21/h3-6,11,13-14H,7-10,12H2,1-2H3,(H2,23,24,25,28,30)/t14-/m0/s1. The van der Waals surface area contributed by atoms with Crippen LogP contribution in [0, 0.1) is 0 Å².